The lowest BCUT2D eigenvalue weighted by Gasteiger charge is -2.06. The third-order valence-electron chi connectivity index (χ3n) is 2.01. The van der Waals surface area contributed by atoms with Crippen molar-refractivity contribution in [2.24, 2.45) is 5.92 Å². The Morgan fingerprint density at radius 2 is 1.93 bits per heavy atom. The quantitative estimate of drug-likeness (QED) is 0.606. The van der Waals surface area contributed by atoms with E-state index in [1.54, 1.807) is 26.0 Å². The Bertz CT molecular complexity index is 314. The second-order valence-electron chi connectivity index (χ2n) is 3.69. The first-order chi connectivity index (χ1) is 7.13. The van der Waals surface area contributed by atoms with Crippen molar-refractivity contribution in [3.8, 4) is 5.75 Å². The van der Waals surface area contributed by atoms with Gasteiger partial charge in [0.15, 0.2) is 0 Å². The molecule has 0 aliphatic heterocycles. The molecule has 0 fully saturated rings. The molecule has 0 saturated heterocycles. The summed E-state index contributed by atoms with van der Waals surface area (Å²) in [6.07, 6.45) is 0.623. The first-order valence-electron chi connectivity index (χ1n) is 5.05. The van der Waals surface area contributed by atoms with Crippen molar-refractivity contribution in [1.82, 2.24) is 0 Å². The van der Waals surface area contributed by atoms with E-state index in [1.807, 2.05) is 12.1 Å². The first kappa shape index (κ1) is 11.7. The summed E-state index contributed by atoms with van der Waals surface area (Å²) in [6.45, 7) is 3.72. The van der Waals surface area contributed by atoms with Crippen LogP contribution in [0.15, 0.2) is 24.3 Å². The molecule has 0 atom stereocenters. The van der Waals surface area contributed by atoms with Crippen molar-refractivity contribution in [1.29, 1.82) is 0 Å². The predicted molar refractivity (Wildman–Crippen MR) is 57.7 cm³/mol. The van der Waals surface area contributed by atoms with Crippen molar-refractivity contribution in [2.45, 2.75) is 20.3 Å². The van der Waals surface area contributed by atoms with Crippen molar-refractivity contribution >= 4 is 5.97 Å². The number of benzene rings is 1. The highest BCUT2D eigenvalue weighted by molar-refractivity contribution is 5.74. The lowest BCUT2D eigenvalue weighted by atomic mass is 10.1. The van der Waals surface area contributed by atoms with Gasteiger partial charge in [-0.15, -0.1) is 0 Å². The second kappa shape index (κ2) is 5.51. The summed E-state index contributed by atoms with van der Waals surface area (Å²) >= 11 is 0. The number of esters is 1. The van der Waals surface area contributed by atoms with E-state index in [4.69, 9.17) is 9.84 Å². The van der Waals surface area contributed by atoms with Gasteiger partial charge in [0.2, 0.25) is 0 Å². The minimum absolute atomic E-state index is 0.123. The zero-order valence-corrected chi connectivity index (χ0v) is 9.06. The van der Waals surface area contributed by atoms with Crippen LogP contribution in [-0.4, -0.2) is 17.7 Å². The van der Waals surface area contributed by atoms with Crippen LogP contribution in [-0.2, 0) is 11.2 Å². The largest absolute Gasteiger partial charge is 0.426 e. The molecule has 1 aromatic carbocycles. The molecule has 3 heteroatoms. The average molecular weight is 208 g/mol. The molecule has 1 aromatic rings. The molecule has 3 nitrogen and oxygen atoms in total. The van der Waals surface area contributed by atoms with Gasteiger partial charge in [0.25, 0.3) is 0 Å². The van der Waals surface area contributed by atoms with Crippen molar-refractivity contribution < 1.29 is 14.6 Å². The van der Waals surface area contributed by atoms with Crippen LogP contribution < -0.4 is 4.74 Å². The number of ether oxygens (including phenoxy) is 1. The number of carbonyl (C=O) groups is 1. The summed E-state index contributed by atoms with van der Waals surface area (Å²) in [4.78, 5) is 11.3. The molecule has 0 heterocycles. The number of rotatable bonds is 4. The van der Waals surface area contributed by atoms with Gasteiger partial charge in [-0.3, -0.25) is 4.79 Å². The van der Waals surface area contributed by atoms with Crippen molar-refractivity contribution in [3.05, 3.63) is 29.8 Å². The molecular weight excluding hydrogens is 192 g/mol. The van der Waals surface area contributed by atoms with Gasteiger partial charge in [0.1, 0.15) is 5.75 Å². The summed E-state index contributed by atoms with van der Waals surface area (Å²) in [6, 6.07) is 7.18. The third kappa shape index (κ3) is 3.72. The zero-order valence-electron chi connectivity index (χ0n) is 9.06. The Labute approximate surface area is 89.7 Å². The normalized spacial score (nSPS) is 10.4. The van der Waals surface area contributed by atoms with Crippen LogP contribution in [0.1, 0.15) is 19.4 Å². The van der Waals surface area contributed by atoms with Crippen molar-refractivity contribution in [3.63, 3.8) is 0 Å². The van der Waals surface area contributed by atoms with Gasteiger partial charge in [0.05, 0.1) is 5.92 Å². The number of hydrogen-bond donors (Lipinski definition) is 1. The minimum atomic E-state index is -0.232. The second-order valence-corrected chi connectivity index (χ2v) is 3.69. The Balaban J connectivity index is 2.60. The summed E-state index contributed by atoms with van der Waals surface area (Å²) in [5.41, 5.74) is 1.03. The predicted octanol–water partition coefficient (Wildman–Crippen LogP) is 1.78. The van der Waals surface area contributed by atoms with Gasteiger partial charge in [-0.25, -0.2) is 0 Å². The highest BCUT2D eigenvalue weighted by Gasteiger charge is 2.09. The van der Waals surface area contributed by atoms with E-state index >= 15 is 0 Å². The molecule has 0 aliphatic rings. The molecule has 1 N–H and O–H groups in total. The molecule has 0 spiro atoms. The zero-order chi connectivity index (χ0) is 11.3. The minimum Gasteiger partial charge on any atom is -0.426 e. The molecule has 0 bridgehead atoms. The fourth-order valence-corrected chi connectivity index (χ4v) is 1.09. The maximum absolute atomic E-state index is 11.3. The van der Waals surface area contributed by atoms with Crippen LogP contribution in [0, 0.1) is 5.92 Å². The smallest absolute Gasteiger partial charge is 0.313 e. The van der Waals surface area contributed by atoms with E-state index in [9.17, 15) is 4.79 Å². The molecule has 82 valence electrons. The van der Waals surface area contributed by atoms with E-state index in [0.717, 1.165) is 5.56 Å². The average Bonchev–Trinajstić information content (AvgIpc) is 2.21. The molecule has 0 saturated carbocycles. The Morgan fingerprint density at radius 1 is 1.33 bits per heavy atom. The van der Waals surface area contributed by atoms with Gasteiger partial charge in [-0.2, -0.15) is 0 Å². The van der Waals surface area contributed by atoms with Crippen LogP contribution in [0.2, 0.25) is 0 Å². The van der Waals surface area contributed by atoms with Crippen molar-refractivity contribution in [2.75, 3.05) is 6.61 Å². The Morgan fingerprint density at radius 3 is 2.40 bits per heavy atom. The maximum atomic E-state index is 11.3. The molecule has 0 radical (unpaired) electrons. The van der Waals surface area contributed by atoms with Gasteiger partial charge in [0, 0.05) is 6.61 Å². The van der Waals surface area contributed by atoms with E-state index in [0.29, 0.717) is 12.2 Å². The molecule has 1 rings (SSSR count). The molecule has 0 aliphatic carbocycles. The topological polar surface area (TPSA) is 46.5 Å². The molecule has 0 aromatic heterocycles. The van der Waals surface area contributed by atoms with E-state index in [1.165, 1.54) is 0 Å². The fourth-order valence-electron chi connectivity index (χ4n) is 1.09. The number of aliphatic hydroxyl groups excluding tert-OH is 1. The van der Waals surface area contributed by atoms with Crippen LogP contribution in [0.4, 0.5) is 0 Å². The first-order valence-corrected chi connectivity index (χ1v) is 5.05. The highest BCUT2D eigenvalue weighted by atomic mass is 16.5. The van der Waals surface area contributed by atoms with Crippen LogP contribution in [0.3, 0.4) is 0 Å². The monoisotopic (exact) mass is 208 g/mol. The number of carbonyl (C=O) groups excluding carboxylic acids is 1. The maximum Gasteiger partial charge on any atom is 0.313 e. The molecule has 0 amide bonds. The van der Waals surface area contributed by atoms with E-state index in [-0.39, 0.29) is 18.5 Å². The molecular formula is C12H16O3. The summed E-state index contributed by atoms with van der Waals surface area (Å²) in [7, 11) is 0. The number of hydrogen-bond acceptors (Lipinski definition) is 3. The standard InChI is InChI=1S/C12H16O3/c1-9(2)12(14)15-11-5-3-10(4-6-11)7-8-13/h3-6,9,13H,7-8H2,1-2H3. The summed E-state index contributed by atoms with van der Waals surface area (Å²) < 4.78 is 5.11. The van der Waals surface area contributed by atoms with Gasteiger partial charge < -0.3 is 9.84 Å². The van der Waals surface area contributed by atoms with Crippen LogP contribution in [0.5, 0.6) is 5.75 Å². The fraction of sp³-hybridized carbons (Fsp3) is 0.417. The van der Waals surface area contributed by atoms with Gasteiger partial charge in [-0.1, -0.05) is 26.0 Å². The summed E-state index contributed by atoms with van der Waals surface area (Å²) in [5.74, 6) is 0.197. The van der Waals surface area contributed by atoms with E-state index < -0.39 is 0 Å². The third-order valence-corrected chi connectivity index (χ3v) is 2.01. The Kier molecular flexibility index (Phi) is 4.31. The van der Waals surface area contributed by atoms with Crippen LogP contribution >= 0.6 is 0 Å². The molecule has 0 unspecified atom stereocenters. The van der Waals surface area contributed by atoms with Gasteiger partial charge in [-0.05, 0) is 24.1 Å². The lowest BCUT2D eigenvalue weighted by molar-refractivity contribution is -0.137. The number of aliphatic hydroxyl groups is 1. The SMILES string of the molecule is CC(C)C(=O)Oc1ccc(CCO)cc1. The highest BCUT2D eigenvalue weighted by Crippen LogP contribution is 2.14. The Hall–Kier alpha value is -1.35. The summed E-state index contributed by atoms with van der Waals surface area (Å²) in [5, 5.41) is 8.72. The van der Waals surface area contributed by atoms with E-state index in [2.05, 4.69) is 0 Å². The molecule has 15 heavy (non-hydrogen) atoms. The van der Waals surface area contributed by atoms with Crippen LogP contribution in [0.25, 0.3) is 0 Å². The van der Waals surface area contributed by atoms with Gasteiger partial charge >= 0.3 is 5.97 Å². The lowest BCUT2D eigenvalue weighted by Crippen LogP contribution is -2.14.